The molecule has 2 fully saturated rings. The fraction of sp³-hybridized carbons (Fsp3) is 0.433. The average molecular weight is 524 g/mol. The van der Waals surface area contributed by atoms with Crippen molar-refractivity contribution in [2.75, 3.05) is 11.9 Å². The van der Waals surface area contributed by atoms with Crippen molar-refractivity contribution >= 4 is 28.6 Å². The number of rotatable bonds is 4. The van der Waals surface area contributed by atoms with Crippen LogP contribution >= 0.6 is 0 Å². The van der Waals surface area contributed by atoms with Crippen LogP contribution in [0.25, 0.3) is 16.7 Å². The van der Waals surface area contributed by atoms with E-state index in [4.69, 9.17) is 4.98 Å². The Bertz CT molecular complexity index is 1700. The Labute approximate surface area is 226 Å². The van der Waals surface area contributed by atoms with Crippen LogP contribution in [-0.2, 0) is 22.2 Å². The van der Waals surface area contributed by atoms with Crippen molar-refractivity contribution in [3.05, 3.63) is 69.9 Å². The number of hydrogen-bond acceptors (Lipinski definition) is 6. The molecule has 0 atom stereocenters. The molecule has 2 saturated carbocycles. The molecule has 9 heteroatoms. The molecule has 4 aromatic rings. The molecule has 1 amide bonds. The molecule has 39 heavy (non-hydrogen) atoms. The number of pyridine rings is 1. The van der Waals surface area contributed by atoms with Crippen LogP contribution in [-0.4, -0.2) is 41.7 Å². The lowest BCUT2D eigenvalue weighted by molar-refractivity contribution is -0.130. The van der Waals surface area contributed by atoms with E-state index < -0.39 is 0 Å². The summed E-state index contributed by atoms with van der Waals surface area (Å²) in [5.74, 6) is 0.539. The van der Waals surface area contributed by atoms with Crippen molar-refractivity contribution in [1.82, 2.24) is 29.2 Å². The third kappa shape index (κ3) is 4.02. The summed E-state index contributed by atoms with van der Waals surface area (Å²) in [7, 11) is 0. The molecule has 0 bridgehead atoms. The minimum Gasteiger partial charge on any atom is -0.338 e. The summed E-state index contributed by atoms with van der Waals surface area (Å²) in [6.07, 6.45) is 7.62. The molecule has 7 rings (SSSR count). The molecule has 4 heterocycles. The standard InChI is InChI=1S/C30H33N7O2/c1-18(38)35-16-19-13-20(5-8-24(19)30(17-35)10-11-30)33-28-32-15-23-26(34-28)36(37(27(23)39)21-6-7-21)22-9-12-31-25(14-22)29(2,3)4/h5,8-9,12-15,21H,6-7,10-11,16-17H2,1-4H3,(H,32,33,34). The van der Waals surface area contributed by atoms with E-state index in [0.717, 1.165) is 49.3 Å². The molecule has 3 aliphatic rings. The summed E-state index contributed by atoms with van der Waals surface area (Å²) in [5.41, 5.74) is 5.70. The predicted molar refractivity (Wildman–Crippen MR) is 150 cm³/mol. The minimum atomic E-state index is -0.130. The summed E-state index contributed by atoms with van der Waals surface area (Å²) < 4.78 is 3.77. The molecular formula is C30H33N7O2. The van der Waals surface area contributed by atoms with Gasteiger partial charge in [-0.05, 0) is 61.1 Å². The van der Waals surface area contributed by atoms with E-state index in [-0.39, 0.29) is 28.3 Å². The number of carbonyl (C=O) groups is 1. The predicted octanol–water partition coefficient (Wildman–Crippen LogP) is 4.75. The Hall–Kier alpha value is -4.01. The molecule has 1 spiro atoms. The van der Waals surface area contributed by atoms with Gasteiger partial charge < -0.3 is 10.2 Å². The van der Waals surface area contributed by atoms with E-state index in [1.807, 2.05) is 26.4 Å². The highest BCUT2D eigenvalue weighted by Crippen LogP contribution is 2.52. The van der Waals surface area contributed by atoms with Crippen LogP contribution in [0.1, 0.15) is 76.2 Å². The summed E-state index contributed by atoms with van der Waals surface area (Å²) >= 11 is 0. The molecule has 0 saturated heterocycles. The number of amides is 1. The molecule has 2 aliphatic carbocycles. The smallest absolute Gasteiger partial charge is 0.278 e. The molecule has 3 aromatic heterocycles. The Morgan fingerprint density at radius 3 is 2.59 bits per heavy atom. The maximum atomic E-state index is 13.5. The van der Waals surface area contributed by atoms with Crippen LogP contribution in [0.3, 0.4) is 0 Å². The number of anilines is 2. The first kappa shape index (κ1) is 24.1. The number of nitrogens with zero attached hydrogens (tertiary/aromatic N) is 6. The largest absolute Gasteiger partial charge is 0.338 e. The second-order valence-corrected chi connectivity index (χ2v) is 12.4. The Morgan fingerprint density at radius 2 is 1.90 bits per heavy atom. The van der Waals surface area contributed by atoms with Gasteiger partial charge in [-0.25, -0.2) is 14.3 Å². The molecule has 1 aromatic carbocycles. The first-order valence-electron chi connectivity index (χ1n) is 13.8. The molecule has 0 radical (unpaired) electrons. The van der Waals surface area contributed by atoms with Gasteiger partial charge in [-0.2, -0.15) is 4.98 Å². The fourth-order valence-corrected chi connectivity index (χ4v) is 5.88. The Morgan fingerprint density at radius 1 is 1.10 bits per heavy atom. The van der Waals surface area contributed by atoms with Crippen molar-refractivity contribution in [2.24, 2.45) is 0 Å². The fourth-order valence-electron chi connectivity index (χ4n) is 5.88. The minimum absolute atomic E-state index is 0.0685. The second-order valence-electron chi connectivity index (χ2n) is 12.4. The topological polar surface area (TPSA) is 97.9 Å². The summed E-state index contributed by atoms with van der Waals surface area (Å²) in [6, 6.07) is 10.5. The first-order valence-corrected chi connectivity index (χ1v) is 13.8. The highest BCUT2D eigenvalue weighted by atomic mass is 16.2. The van der Waals surface area contributed by atoms with E-state index in [1.54, 1.807) is 19.3 Å². The molecule has 1 aliphatic heterocycles. The molecule has 0 unspecified atom stereocenters. The number of aromatic nitrogens is 5. The van der Waals surface area contributed by atoms with Gasteiger partial charge in [0.15, 0.2) is 5.65 Å². The van der Waals surface area contributed by atoms with Crippen molar-refractivity contribution < 1.29 is 4.79 Å². The Balaban J connectivity index is 1.29. The zero-order valence-electron chi connectivity index (χ0n) is 22.9. The average Bonchev–Trinajstić information content (AvgIpc) is 3.83. The van der Waals surface area contributed by atoms with Crippen LogP contribution < -0.4 is 10.9 Å². The Kier molecular flexibility index (Phi) is 5.09. The van der Waals surface area contributed by atoms with E-state index in [9.17, 15) is 9.59 Å². The van der Waals surface area contributed by atoms with Crippen LogP contribution in [0, 0.1) is 0 Å². The van der Waals surface area contributed by atoms with Crippen molar-refractivity contribution in [3.63, 3.8) is 0 Å². The van der Waals surface area contributed by atoms with Crippen LogP contribution in [0.4, 0.5) is 11.6 Å². The van der Waals surface area contributed by atoms with Gasteiger partial charge in [0.1, 0.15) is 5.39 Å². The van der Waals surface area contributed by atoms with Gasteiger partial charge in [0.2, 0.25) is 11.9 Å². The lowest BCUT2D eigenvalue weighted by Gasteiger charge is -2.34. The lowest BCUT2D eigenvalue weighted by Crippen LogP contribution is -2.40. The summed E-state index contributed by atoms with van der Waals surface area (Å²) in [4.78, 5) is 41.6. The summed E-state index contributed by atoms with van der Waals surface area (Å²) in [5, 5.41) is 3.86. The molecular weight excluding hydrogens is 490 g/mol. The third-order valence-corrected chi connectivity index (χ3v) is 8.36. The zero-order chi connectivity index (χ0) is 27.1. The zero-order valence-corrected chi connectivity index (χ0v) is 22.9. The van der Waals surface area contributed by atoms with E-state index in [0.29, 0.717) is 23.5 Å². The molecule has 200 valence electrons. The maximum Gasteiger partial charge on any atom is 0.278 e. The van der Waals surface area contributed by atoms with E-state index in [1.165, 1.54) is 11.1 Å². The van der Waals surface area contributed by atoms with Crippen molar-refractivity contribution in [2.45, 2.75) is 76.8 Å². The maximum absolute atomic E-state index is 13.5. The lowest BCUT2D eigenvalue weighted by atomic mass is 9.86. The number of fused-ring (bicyclic) bond motifs is 3. The van der Waals surface area contributed by atoms with Crippen LogP contribution in [0.2, 0.25) is 0 Å². The number of hydrogen-bond donors (Lipinski definition) is 1. The normalized spacial score (nSPS) is 17.9. The van der Waals surface area contributed by atoms with Gasteiger partial charge in [-0.3, -0.25) is 14.6 Å². The SMILES string of the molecule is CC(=O)N1Cc2cc(Nc3ncc4c(=O)n(C5CC5)n(-c5ccnc(C(C)(C)C)c5)c4n3)ccc2C2(CC2)C1. The summed E-state index contributed by atoms with van der Waals surface area (Å²) in [6.45, 7) is 9.46. The quantitative estimate of drug-likeness (QED) is 0.415. The van der Waals surface area contributed by atoms with Gasteiger partial charge in [0.25, 0.3) is 5.56 Å². The van der Waals surface area contributed by atoms with Crippen molar-refractivity contribution in [1.29, 1.82) is 0 Å². The monoisotopic (exact) mass is 523 g/mol. The van der Waals surface area contributed by atoms with E-state index >= 15 is 0 Å². The third-order valence-electron chi connectivity index (χ3n) is 8.36. The number of carbonyl (C=O) groups excluding carboxylic acids is 1. The first-order chi connectivity index (χ1) is 18.6. The van der Waals surface area contributed by atoms with Gasteiger partial charge in [0.05, 0.1) is 11.7 Å². The molecule has 1 N–H and O–H groups in total. The van der Waals surface area contributed by atoms with Gasteiger partial charge in [0, 0.05) is 54.6 Å². The van der Waals surface area contributed by atoms with Gasteiger partial charge >= 0.3 is 0 Å². The number of benzene rings is 1. The van der Waals surface area contributed by atoms with E-state index in [2.05, 4.69) is 54.3 Å². The molecule has 9 nitrogen and oxygen atoms in total. The highest BCUT2D eigenvalue weighted by Gasteiger charge is 2.49. The number of nitrogens with one attached hydrogen (secondary N) is 1. The van der Waals surface area contributed by atoms with Crippen LogP contribution in [0.5, 0.6) is 0 Å². The van der Waals surface area contributed by atoms with Gasteiger partial charge in [-0.1, -0.05) is 26.8 Å². The van der Waals surface area contributed by atoms with Crippen LogP contribution in [0.15, 0.2) is 47.5 Å². The second kappa shape index (κ2) is 8.24. The van der Waals surface area contributed by atoms with Crippen molar-refractivity contribution in [3.8, 4) is 5.69 Å². The van der Waals surface area contributed by atoms with Gasteiger partial charge in [-0.15, -0.1) is 0 Å². The highest BCUT2D eigenvalue weighted by molar-refractivity contribution is 5.78.